The van der Waals surface area contributed by atoms with Crippen molar-refractivity contribution < 1.29 is 14.8 Å². The second-order valence-electron chi connectivity index (χ2n) is 1.65. The molecule has 1 rings (SSSR count). The fraction of sp³-hybridized carbons (Fsp3) is 0.333. The van der Waals surface area contributed by atoms with Gasteiger partial charge in [0.15, 0.2) is 6.26 Å². The van der Waals surface area contributed by atoms with Gasteiger partial charge in [0.25, 0.3) is 0 Å². The van der Waals surface area contributed by atoms with Crippen molar-refractivity contribution in [3.63, 3.8) is 0 Å². The summed E-state index contributed by atoms with van der Waals surface area (Å²) in [4.78, 5) is 4.45. The maximum absolute atomic E-state index is 10.4. The fourth-order valence-electron chi connectivity index (χ4n) is 0.527. The largest absolute Gasteiger partial charge is 0.474 e. The van der Waals surface area contributed by atoms with Gasteiger partial charge in [-0.25, -0.2) is 4.89 Å². The highest BCUT2D eigenvalue weighted by Crippen LogP contribution is 1.97. The van der Waals surface area contributed by atoms with Gasteiger partial charge < -0.3 is 5.26 Å². The van der Waals surface area contributed by atoms with Crippen LogP contribution in [0.5, 0.6) is 0 Å². The van der Waals surface area contributed by atoms with Gasteiger partial charge in [0, 0.05) is 6.42 Å². The molecule has 1 heterocycles. The molecule has 0 aromatic rings. The molecule has 0 saturated carbocycles. The summed E-state index contributed by atoms with van der Waals surface area (Å²) in [5.41, 5.74) is 0. The van der Waals surface area contributed by atoms with Crippen molar-refractivity contribution >= 4 is 0 Å². The van der Waals surface area contributed by atoms with Crippen LogP contribution in [0.4, 0.5) is 0 Å². The zero-order valence-corrected chi connectivity index (χ0v) is 4.95. The van der Waals surface area contributed by atoms with Crippen LogP contribution in [0, 0.1) is 0 Å². The lowest BCUT2D eigenvalue weighted by Crippen LogP contribution is -2.25. The first-order chi connectivity index (χ1) is 4.39. The molecule has 0 aromatic heterocycles. The van der Waals surface area contributed by atoms with Crippen LogP contribution < -0.4 is 5.26 Å². The van der Waals surface area contributed by atoms with E-state index in [0.717, 1.165) is 0 Å². The van der Waals surface area contributed by atoms with E-state index >= 15 is 0 Å². The molecule has 0 bridgehead atoms. The predicted octanol–water partition coefficient (Wildman–Crippen LogP) is 0.219. The van der Waals surface area contributed by atoms with Gasteiger partial charge in [-0.2, -0.15) is 4.67 Å². The first kappa shape index (κ1) is 6.32. The highest BCUT2D eigenvalue weighted by atomic mass is 17.6. The summed E-state index contributed by atoms with van der Waals surface area (Å²) >= 11 is 0. The van der Waals surface area contributed by atoms with Gasteiger partial charge in [0.1, 0.15) is 0 Å². The minimum atomic E-state index is 0.320. The van der Waals surface area contributed by atoms with Gasteiger partial charge in [0.2, 0.25) is 6.61 Å². The molecule has 0 aliphatic carbocycles. The van der Waals surface area contributed by atoms with E-state index < -0.39 is 0 Å². The number of hydrogen-bond acceptors (Lipinski definition) is 2. The molecule has 0 atom stereocenters. The van der Waals surface area contributed by atoms with Gasteiger partial charge in [-0.15, -0.1) is 0 Å². The van der Waals surface area contributed by atoms with E-state index in [1.807, 2.05) is 12.2 Å². The van der Waals surface area contributed by atoms with E-state index in [1.165, 1.54) is 10.9 Å². The summed E-state index contributed by atoms with van der Waals surface area (Å²) in [5, 5.41) is 10.4. The molecule has 0 unspecified atom stereocenters. The number of hydrogen-bond donors (Lipinski definition) is 0. The third-order valence-corrected chi connectivity index (χ3v) is 0.940. The molecule has 0 saturated heterocycles. The molecule has 1 aliphatic rings. The Kier molecular flexibility index (Phi) is 2.30. The van der Waals surface area contributed by atoms with Crippen LogP contribution in [-0.4, -0.2) is 6.61 Å². The first-order valence-corrected chi connectivity index (χ1v) is 2.77. The Morgan fingerprint density at radius 1 is 1.44 bits per heavy atom. The average molecular weight is 128 g/mol. The summed E-state index contributed by atoms with van der Waals surface area (Å²) in [5.74, 6) is 0. The normalized spacial score (nSPS) is 20.6. The smallest absolute Gasteiger partial charge is 0.207 e. The lowest BCUT2D eigenvalue weighted by atomic mass is 10.4. The third kappa shape index (κ3) is 2.30. The Morgan fingerprint density at radius 3 is 3.22 bits per heavy atom. The van der Waals surface area contributed by atoms with Crippen molar-refractivity contribution in [1.82, 2.24) is 0 Å². The van der Waals surface area contributed by atoms with Crippen molar-refractivity contribution in [2.75, 3.05) is 6.61 Å². The highest BCUT2D eigenvalue weighted by Gasteiger charge is 1.97. The molecule has 9 heavy (non-hydrogen) atoms. The maximum atomic E-state index is 10.4. The minimum absolute atomic E-state index is 0.320. The predicted molar refractivity (Wildman–Crippen MR) is 29.9 cm³/mol. The van der Waals surface area contributed by atoms with E-state index in [4.69, 9.17) is 0 Å². The summed E-state index contributed by atoms with van der Waals surface area (Å²) in [6.07, 6.45) is 7.44. The van der Waals surface area contributed by atoms with Crippen LogP contribution in [0.1, 0.15) is 6.42 Å². The van der Waals surface area contributed by atoms with Crippen molar-refractivity contribution in [1.29, 1.82) is 0 Å². The molecule has 50 valence electrons. The summed E-state index contributed by atoms with van der Waals surface area (Å²) in [6, 6.07) is 0. The molecule has 0 fully saturated rings. The standard InChI is InChI=1S/C6H8O3/c7-9-6-4-2-1-3-5-8-9/h1-3,5H,4,6H2. The Morgan fingerprint density at radius 2 is 2.33 bits per heavy atom. The summed E-state index contributed by atoms with van der Waals surface area (Å²) in [7, 11) is 0. The average Bonchev–Trinajstić information content (AvgIpc) is 1.79. The lowest BCUT2D eigenvalue weighted by molar-refractivity contribution is -0.898. The zero-order valence-electron chi connectivity index (χ0n) is 4.95. The molecule has 0 amide bonds. The van der Waals surface area contributed by atoms with Gasteiger partial charge in [0.05, 0.1) is 0 Å². The van der Waals surface area contributed by atoms with Gasteiger partial charge in [-0.1, -0.05) is 12.2 Å². The van der Waals surface area contributed by atoms with Gasteiger partial charge in [-0.3, -0.25) is 0 Å². The molecule has 3 heteroatoms. The van der Waals surface area contributed by atoms with Crippen LogP contribution in [-0.2, 0) is 9.56 Å². The number of allylic oxidation sites excluding steroid dienone is 2. The molecule has 1 aliphatic heterocycles. The van der Waals surface area contributed by atoms with Crippen LogP contribution in [0.3, 0.4) is 0 Å². The zero-order chi connectivity index (χ0) is 6.53. The van der Waals surface area contributed by atoms with Crippen LogP contribution in [0.25, 0.3) is 0 Å². The van der Waals surface area contributed by atoms with Crippen molar-refractivity contribution in [3.05, 3.63) is 24.5 Å². The quantitative estimate of drug-likeness (QED) is 0.345. The molecular formula is C6H8O3. The van der Waals surface area contributed by atoms with E-state index in [0.29, 0.717) is 13.0 Å². The van der Waals surface area contributed by atoms with Crippen LogP contribution in [0.15, 0.2) is 24.5 Å². The summed E-state index contributed by atoms with van der Waals surface area (Å²) < 4.78 is 1.27. The van der Waals surface area contributed by atoms with Gasteiger partial charge >= 0.3 is 0 Å². The molecular weight excluding hydrogens is 120 g/mol. The van der Waals surface area contributed by atoms with Crippen LogP contribution in [0.2, 0.25) is 0 Å². The lowest BCUT2D eigenvalue weighted by Gasteiger charge is -2.13. The van der Waals surface area contributed by atoms with E-state index in [1.54, 1.807) is 6.08 Å². The second kappa shape index (κ2) is 3.27. The SMILES string of the molecule is [O-][O+]1CCC=CC=CO1. The van der Waals surface area contributed by atoms with Gasteiger partial charge in [-0.05, 0) is 6.08 Å². The Hall–Kier alpha value is -0.800. The topological polar surface area (TPSA) is 35.0 Å². The Bertz CT molecular complexity index is 128. The van der Waals surface area contributed by atoms with Crippen LogP contribution >= 0.6 is 0 Å². The molecule has 3 nitrogen and oxygen atoms in total. The monoisotopic (exact) mass is 128 g/mol. The maximum Gasteiger partial charge on any atom is 0.207 e. The Labute approximate surface area is 53.4 Å². The molecule has 0 N–H and O–H groups in total. The van der Waals surface area contributed by atoms with E-state index in [-0.39, 0.29) is 0 Å². The molecule has 0 spiro atoms. The molecule has 0 radical (unpaired) electrons. The second-order valence-corrected chi connectivity index (χ2v) is 1.65. The minimum Gasteiger partial charge on any atom is -0.474 e. The third-order valence-electron chi connectivity index (χ3n) is 0.940. The number of rotatable bonds is 0. The highest BCUT2D eigenvalue weighted by molar-refractivity contribution is 4.99. The first-order valence-electron chi connectivity index (χ1n) is 2.77. The van der Waals surface area contributed by atoms with Crippen molar-refractivity contribution in [3.8, 4) is 0 Å². The fourth-order valence-corrected chi connectivity index (χ4v) is 0.527. The summed E-state index contributed by atoms with van der Waals surface area (Å²) in [6.45, 7) is 0.320. The van der Waals surface area contributed by atoms with Crippen molar-refractivity contribution in [2.24, 2.45) is 0 Å². The Balaban J connectivity index is 2.40. The molecule has 0 aromatic carbocycles. The van der Waals surface area contributed by atoms with E-state index in [9.17, 15) is 5.26 Å². The van der Waals surface area contributed by atoms with E-state index in [2.05, 4.69) is 4.89 Å². The van der Waals surface area contributed by atoms with Crippen molar-refractivity contribution in [2.45, 2.75) is 6.42 Å².